The van der Waals surface area contributed by atoms with E-state index in [9.17, 15) is 4.79 Å². The van der Waals surface area contributed by atoms with Gasteiger partial charge in [0.1, 0.15) is 17.2 Å². The molecule has 0 atom stereocenters. The number of hydrazone groups is 1. The first-order chi connectivity index (χ1) is 12.4. The normalized spacial score (nSPS) is 11.0. The Labute approximate surface area is 157 Å². The maximum Gasteiger partial charge on any atom is 0.277 e. The Kier molecular flexibility index (Phi) is 6.86. The van der Waals surface area contributed by atoms with Gasteiger partial charge in [-0.3, -0.25) is 4.79 Å². The minimum absolute atomic E-state index is 0.160. The number of nitrogens with zero attached hydrogens (tertiary/aromatic N) is 1. The molecule has 0 aliphatic rings. The first-order valence-corrected chi connectivity index (χ1v) is 8.27. The zero-order valence-electron chi connectivity index (χ0n) is 15.1. The topological polar surface area (TPSA) is 69.2 Å². The van der Waals surface area contributed by atoms with E-state index in [1.807, 2.05) is 6.92 Å². The van der Waals surface area contributed by atoms with Gasteiger partial charge >= 0.3 is 0 Å². The van der Waals surface area contributed by atoms with Crippen molar-refractivity contribution in [1.82, 2.24) is 5.43 Å². The molecule has 138 valence electrons. The summed E-state index contributed by atoms with van der Waals surface area (Å²) in [5.74, 6) is 1.49. The van der Waals surface area contributed by atoms with Gasteiger partial charge < -0.3 is 14.2 Å². The Bertz CT molecular complexity index is 821. The van der Waals surface area contributed by atoms with Crippen LogP contribution in [0.1, 0.15) is 18.1 Å². The third-order valence-electron chi connectivity index (χ3n) is 3.64. The number of aryl methyl sites for hydroxylation is 1. The lowest BCUT2D eigenvalue weighted by molar-refractivity contribution is -0.123. The molecule has 0 spiro atoms. The van der Waals surface area contributed by atoms with Gasteiger partial charge in [-0.05, 0) is 55.8 Å². The number of hydrogen-bond acceptors (Lipinski definition) is 5. The van der Waals surface area contributed by atoms with Crippen molar-refractivity contribution in [2.75, 3.05) is 20.8 Å². The molecule has 2 aromatic carbocycles. The summed E-state index contributed by atoms with van der Waals surface area (Å²) in [5, 5.41) is 4.75. The summed E-state index contributed by atoms with van der Waals surface area (Å²) < 4.78 is 16.0. The van der Waals surface area contributed by atoms with Gasteiger partial charge in [0, 0.05) is 10.6 Å². The summed E-state index contributed by atoms with van der Waals surface area (Å²) in [7, 11) is 3.15. The number of rotatable bonds is 7. The van der Waals surface area contributed by atoms with E-state index >= 15 is 0 Å². The molecule has 0 saturated heterocycles. The summed E-state index contributed by atoms with van der Waals surface area (Å²) in [5.41, 5.74) is 4.65. The number of ether oxygens (including phenoxy) is 3. The third kappa shape index (κ3) is 5.13. The van der Waals surface area contributed by atoms with E-state index in [2.05, 4.69) is 10.5 Å². The number of amides is 1. The molecule has 0 radical (unpaired) electrons. The van der Waals surface area contributed by atoms with Crippen molar-refractivity contribution < 1.29 is 19.0 Å². The van der Waals surface area contributed by atoms with E-state index in [0.717, 1.165) is 11.1 Å². The van der Waals surface area contributed by atoms with Crippen LogP contribution >= 0.6 is 11.6 Å². The maximum atomic E-state index is 12.0. The van der Waals surface area contributed by atoms with Crippen molar-refractivity contribution >= 4 is 23.2 Å². The highest BCUT2D eigenvalue weighted by atomic mass is 35.5. The van der Waals surface area contributed by atoms with Crippen molar-refractivity contribution in [3.63, 3.8) is 0 Å². The molecule has 2 aromatic rings. The fraction of sp³-hybridized carbons (Fsp3) is 0.263. The number of nitrogens with one attached hydrogen (secondary N) is 1. The van der Waals surface area contributed by atoms with Crippen LogP contribution in [-0.2, 0) is 4.79 Å². The highest BCUT2D eigenvalue weighted by Gasteiger charge is 2.09. The van der Waals surface area contributed by atoms with Gasteiger partial charge in [-0.15, -0.1) is 0 Å². The van der Waals surface area contributed by atoms with E-state index in [-0.39, 0.29) is 12.5 Å². The van der Waals surface area contributed by atoms with E-state index < -0.39 is 0 Å². The molecule has 2 rings (SSSR count). The van der Waals surface area contributed by atoms with Gasteiger partial charge in [-0.25, -0.2) is 5.43 Å². The Morgan fingerprint density at radius 2 is 1.85 bits per heavy atom. The first kappa shape index (κ1) is 19.6. The summed E-state index contributed by atoms with van der Waals surface area (Å²) in [6.07, 6.45) is 0. The molecule has 6 nitrogen and oxygen atoms in total. The van der Waals surface area contributed by atoms with Crippen LogP contribution in [0.15, 0.2) is 41.5 Å². The number of methoxy groups -OCH3 is 2. The van der Waals surface area contributed by atoms with Crippen LogP contribution in [0, 0.1) is 6.92 Å². The highest BCUT2D eigenvalue weighted by molar-refractivity contribution is 6.31. The number of benzene rings is 2. The average molecular weight is 377 g/mol. The molecular weight excluding hydrogens is 356 g/mol. The Balaban J connectivity index is 1.99. The lowest BCUT2D eigenvalue weighted by atomic mass is 10.1. The van der Waals surface area contributed by atoms with Crippen molar-refractivity contribution in [2.45, 2.75) is 13.8 Å². The molecule has 0 unspecified atom stereocenters. The molecular formula is C19H21ClN2O4. The molecule has 0 aromatic heterocycles. The lowest BCUT2D eigenvalue weighted by Crippen LogP contribution is -2.25. The van der Waals surface area contributed by atoms with Crippen molar-refractivity contribution in [2.24, 2.45) is 5.10 Å². The minimum atomic E-state index is -0.376. The van der Waals surface area contributed by atoms with Gasteiger partial charge in [0.25, 0.3) is 5.91 Å². The molecule has 26 heavy (non-hydrogen) atoms. The van der Waals surface area contributed by atoms with Crippen LogP contribution in [0.2, 0.25) is 5.02 Å². The van der Waals surface area contributed by atoms with Crippen molar-refractivity contribution in [3.8, 4) is 17.2 Å². The van der Waals surface area contributed by atoms with Gasteiger partial charge in [0.2, 0.25) is 0 Å². The number of halogens is 1. The predicted molar refractivity (Wildman–Crippen MR) is 102 cm³/mol. The largest absolute Gasteiger partial charge is 0.497 e. The fourth-order valence-electron chi connectivity index (χ4n) is 2.19. The van der Waals surface area contributed by atoms with Crippen LogP contribution in [0.3, 0.4) is 0 Å². The molecule has 1 N–H and O–H groups in total. The van der Waals surface area contributed by atoms with E-state index in [4.69, 9.17) is 25.8 Å². The molecule has 7 heteroatoms. The second-order valence-corrected chi connectivity index (χ2v) is 5.91. The summed E-state index contributed by atoms with van der Waals surface area (Å²) in [4.78, 5) is 12.0. The molecule has 0 bridgehead atoms. The van der Waals surface area contributed by atoms with Crippen LogP contribution < -0.4 is 19.6 Å². The van der Waals surface area contributed by atoms with E-state index in [0.29, 0.717) is 28.0 Å². The molecule has 0 heterocycles. The number of carbonyl (C=O) groups excluding carboxylic acids is 1. The Morgan fingerprint density at radius 1 is 1.12 bits per heavy atom. The van der Waals surface area contributed by atoms with Crippen LogP contribution in [0.25, 0.3) is 0 Å². The van der Waals surface area contributed by atoms with Gasteiger partial charge in [0.15, 0.2) is 6.61 Å². The smallest absolute Gasteiger partial charge is 0.277 e. The Hall–Kier alpha value is -2.73. The zero-order chi connectivity index (χ0) is 19.1. The van der Waals surface area contributed by atoms with Crippen molar-refractivity contribution in [1.29, 1.82) is 0 Å². The maximum absolute atomic E-state index is 12.0. The fourth-order valence-corrected chi connectivity index (χ4v) is 2.31. The SMILES string of the molecule is COc1ccc(OC)c(/C(C)=N\NC(=O)COc2ccc(Cl)c(C)c2)c1. The lowest BCUT2D eigenvalue weighted by Gasteiger charge is -2.10. The van der Waals surface area contributed by atoms with Gasteiger partial charge in [-0.2, -0.15) is 5.10 Å². The molecule has 0 fully saturated rings. The van der Waals surface area contributed by atoms with Gasteiger partial charge in [-0.1, -0.05) is 11.6 Å². The standard InChI is InChI=1S/C19H21ClN2O4/c1-12-9-15(5-7-17(12)20)26-11-19(23)22-21-13(2)16-10-14(24-3)6-8-18(16)25-4/h5-10H,11H2,1-4H3,(H,22,23)/b21-13-. The zero-order valence-corrected chi connectivity index (χ0v) is 15.9. The van der Waals surface area contributed by atoms with Crippen LogP contribution in [0.5, 0.6) is 17.2 Å². The van der Waals surface area contributed by atoms with E-state index in [1.165, 1.54) is 0 Å². The predicted octanol–water partition coefficient (Wildman–Crippen LogP) is 3.58. The second kappa shape index (κ2) is 9.10. The molecule has 0 aliphatic heterocycles. The van der Waals surface area contributed by atoms with Gasteiger partial charge in [0.05, 0.1) is 19.9 Å². The van der Waals surface area contributed by atoms with Crippen LogP contribution in [-0.4, -0.2) is 32.4 Å². The quantitative estimate of drug-likeness (QED) is 0.592. The molecule has 0 aliphatic carbocycles. The summed E-state index contributed by atoms with van der Waals surface area (Å²) in [6.45, 7) is 3.47. The molecule has 1 amide bonds. The average Bonchev–Trinajstić information content (AvgIpc) is 2.66. The second-order valence-electron chi connectivity index (χ2n) is 5.50. The Morgan fingerprint density at radius 3 is 2.50 bits per heavy atom. The summed E-state index contributed by atoms with van der Waals surface area (Å²) in [6, 6.07) is 10.6. The minimum Gasteiger partial charge on any atom is -0.497 e. The first-order valence-electron chi connectivity index (χ1n) is 7.89. The number of carbonyl (C=O) groups is 1. The molecule has 0 saturated carbocycles. The summed E-state index contributed by atoms with van der Waals surface area (Å²) >= 11 is 5.96. The third-order valence-corrected chi connectivity index (χ3v) is 4.07. The van der Waals surface area contributed by atoms with Crippen molar-refractivity contribution in [3.05, 3.63) is 52.5 Å². The monoisotopic (exact) mass is 376 g/mol. The highest BCUT2D eigenvalue weighted by Crippen LogP contribution is 2.24. The number of hydrogen-bond donors (Lipinski definition) is 1. The van der Waals surface area contributed by atoms with E-state index in [1.54, 1.807) is 57.5 Å². The van der Waals surface area contributed by atoms with Crippen LogP contribution in [0.4, 0.5) is 0 Å².